The molecule has 4 nitrogen and oxygen atoms in total. The number of para-hydroxylation sites is 1. The van der Waals surface area contributed by atoms with Gasteiger partial charge in [0.2, 0.25) is 9.84 Å². The Balaban J connectivity index is 2.07. The average Bonchev–Trinajstić information content (AvgIpc) is 2.75. The molecule has 0 aliphatic heterocycles. The van der Waals surface area contributed by atoms with Gasteiger partial charge in [-0.3, -0.25) is 0 Å². The van der Waals surface area contributed by atoms with Crippen LogP contribution in [0, 0.1) is 24.1 Å². The van der Waals surface area contributed by atoms with E-state index in [2.05, 4.69) is 5.32 Å². The molecule has 0 heterocycles. The number of thioether (sulfide) groups is 1. The molecule has 0 amide bonds. The maximum atomic E-state index is 14.1. The largest absolute Gasteiger partial charge is 0.348 e. The molecular weight excluding hydrogens is 419 g/mol. The maximum Gasteiger partial charge on any atom is 0.219 e. The second-order valence-electron chi connectivity index (χ2n) is 6.41. The molecule has 0 saturated carbocycles. The van der Waals surface area contributed by atoms with E-state index in [-0.39, 0.29) is 21.5 Å². The summed E-state index contributed by atoms with van der Waals surface area (Å²) in [6.07, 6.45) is 0. The fourth-order valence-corrected chi connectivity index (χ4v) is 5.27. The van der Waals surface area contributed by atoms with E-state index in [0.29, 0.717) is 11.3 Å². The Morgan fingerprint density at radius 3 is 2.30 bits per heavy atom. The number of anilines is 1. The van der Waals surface area contributed by atoms with Gasteiger partial charge in [-0.1, -0.05) is 54.6 Å². The number of halogens is 1. The number of rotatable bonds is 7. The Labute approximate surface area is 180 Å². The molecule has 0 unspecified atom stereocenters. The van der Waals surface area contributed by atoms with Crippen LogP contribution in [0.4, 0.5) is 10.1 Å². The second-order valence-corrected chi connectivity index (χ2v) is 9.28. The number of aryl methyl sites for hydroxylation is 1. The fourth-order valence-electron chi connectivity index (χ4n) is 2.71. The maximum absolute atomic E-state index is 14.1. The summed E-state index contributed by atoms with van der Waals surface area (Å²) in [5.41, 5.74) is 1.97. The summed E-state index contributed by atoms with van der Waals surface area (Å²) in [5, 5.41) is 13.0. The molecule has 0 atom stereocenters. The topological polar surface area (TPSA) is 70.0 Å². The highest BCUT2D eigenvalue weighted by atomic mass is 32.2. The minimum atomic E-state index is -4.06. The zero-order valence-corrected chi connectivity index (χ0v) is 17.8. The van der Waals surface area contributed by atoms with E-state index in [9.17, 15) is 18.1 Å². The lowest BCUT2D eigenvalue weighted by molar-refractivity contribution is 0.603. The molecule has 152 valence electrons. The molecule has 0 bridgehead atoms. The fraction of sp³-hybridized carbons (Fsp3) is 0.0870. The lowest BCUT2D eigenvalue weighted by Crippen LogP contribution is -2.11. The normalized spacial score (nSPS) is 12.0. The first kappa shape index (κ1) is 21.6. The Morgan fingerprint density at radius 1 is 1.00 bits per heavy atom. The van der Waals surface area contributed by atoms with Crippen molar-refractivity contribution in [2.45, 2.75) is 17.6 Å². The lowest BCUT2D eigenvalue weighted by Gasteiger charge is -2.15. The third-order valence-corrected chi connectivity index (χ3v) is 7.26. The number of sulfone groups is 1. The van der Waals surface area contributed by atoms with Crippen LogP contribution in [0.5, 0.6) is 0 Å². The Kier molecular flexibility index (Phi) is 6.93. The highest BCUT2D eigenvalue weighted by Crippen LogP contribution is 2.32. The molecular formula is C23H19FN2O2S2. The first-order valence-electron chi connectivity index (χ1n) is 9.07. The van der Waals surface area contributed by atoms with Gasteiger partial charge in [-0.05, 0) is 42.3 Å². The first-order chi connectivity index (χ1) is 14.4. The molecule has 3 rings (SSSR count). The molecule has 0 spiro atoms. The first-order valence-corrected chi connectivity index (χ1v) is 11.5. The Hall–Kier alpha value is -3.08. The molecule has 3 aromatic carbocycles. The van der Waals surface area contributed by atoms with Gasteiger partial charge in [0.15, 0.2) is 4.91 Å². The molecule has 3 aromatic rings. The zero-order valence-electron chi connectivity index (χ0n) is 16.2. The van der Waals surface area contributed by atoms with E-state index in [1.807, 2.05) is 31.2 Å². The van der Waals surface area contributed by atoms with Gasteiger partial charge in [0.25, 0.3) is 0 Å². The van der Waals surface area contributed by atoms with E-state index < -0.39 is 14.7 Å². The molecule has 0 radical (unpaired) electrons. The number of hydrogen-bond acceptors (Lipinski definition) is 5. The number of allylic oxidation sites excluding steroid dienone is 1. The SMILES string of the molecule is Cc1ccccc1N/C(SCc1ccccc1F)=C(/C#N)S(=O)(=O)c1ccccc1. The van der Waals surface area contributed by atoms with Gasteiger partial charge in [-0.25, -0.2) is 12.8 Å². The van der Waals surface area contributed by atoms with E-state index >= 15 is 0 Å². The van der Waals surface area contributed by atoms with Crippen LogP contribution in [0.25, 0.3) is 0 Å². The van der Waals surface area contributed by atoms with Crippen molar-refractivity contribution in [3.63, 3.8) is 0 Å². The summed E-state index contributed by atoms with van der Waals surface area (Å²) in [7, 11) is -4.06. The van der Waals surface area contributed by atoms with Gasteiger partial charge < -0.3 is 5.32 Å². The average molecular weight is 439 g/mol. The summed E-state index contributed by atoms with van der Waals surface area (Å²) in [6.45, 7) is 1.87. The van der Waals surface area contributed by atoms with Crippen molar-refractivity contribution >= 4 is 27.3 Å². The lowest BCUT2D eigenvalue weighted by atomic mass is 10.2. The third-order valence-electron chi connectivity index (χ3n) is 4.35. The molecule has 1 N–H and O–H groups in total. The van der Waals surface area contributed by atoms with Crippen molar-refractivity contribution in [2.24, 2.45) is 0 Å². The number of hydrogen-bond donors (Lipinski definition) is 1. The Morgan fingerprint density at radius 2 is 1.63 bits per heavy atom. The van der Waals surface area contributed by atoms with Gasteiger partial charge in [0.05, 0.1) is 4.90 Å². The van der Waals surface area contributed by atoms with Gasteiger partial charge in [-0.2, -0.15) is 5.26 Å². The monoisotopic (exact) mass is 438 g/mol. The highest BCUT2D eigenvalue weighted by Gasteiger charge is 2.26. The quantitative estimate of drug-likeness (QED) is 0.483. The van der Waals surface area contributed by atoms with Crippen molar-refractivity contribution in [3.05, 3.63) is 106 Å². The van der Waals surface area contributed by atoms with Gasteiger partial charge in [0, 0.05) is 11.4 Å². The molecule has 30 heavy (non-hydrogen) atoms. The zero-order chi connectivity index (χ0) is 21.6. The smallest absolute Gasteiger partial charge is 0.219 e. The number of benzene rings is 3. The van der Waals surface area contributed by atoms with E-state index in [0.717, 1.165) is 17.3 Å². The van der Waals surface area contributed by atoms with E-state index in [1.165, 1.54) is 18.2 Å². The van der Waals surface area contributed by atoms with Crippen LogP contribution in [0.2, 0.25) is 0 Å². The predicted octanol–water partition coefficient (Wildman–Crippen LogP) is 5.65. The van der Waals surface area contributed by atoms with Crippen molar-refractivity contribution in [3.8, 4) is 6.07 Å². The van der Waals surface area contributed by atoms with Crippen LogP contribution in [-0.2, 0) is 15.6 Å². The predicted molar refractivity (Wildman–Crippen MR) is 119 cm³/mol. The Bertz CT molecular complexity index is 1220. The van der Waals surface area contributed by atoms with Crippen LogP contribution in [0.1, 0.15) is 11.1 Å². The summed E-state index contributed by atoms with van der Waals surface area (Å²) in [5.74, 6) is -0.221. The van der Waals surface area contributed by atoms with Crippen molar-refractivity contribution in [1.82, 2.24) is 0 Å². The second kappa shape index (κ2) is 9.61. The van der Waals surface area contributed by atoms with Crippen molar-refractivity contribution < 1.29 is 12.8 Å². The molecule has 0 aromatic heterocycles. The summed E-state index contributed by atoms with van der Waals surface area (Å²) >= 11 is 1.07. The van der Waals surface area contributed by atoms with Gasteiger partial charge in [0.1, 0.15) is 16.9 Å². The molecule has 0 aliphatic carbocycles. The standard InChI is InChI=1S/C23H19FN2O2S2/c1-17-9-5-8-14-21(17)26-23(29-16-18-10-6-7-13-20(18)24)22(15-25)30(27,28)19-11-3-2-4-12-19/h2-14,26H,16H2,1H3/b23-22+. The molecule has 7 heteroatoms. The van der Waals surface area contributed by atoms with Crippen LogP contribution < -0.4 is 5.32 Å². The number of nitrogens with one attached hydrogen (secondary N) is 1. The van der Waals surface area contributed by atoms with E-state index in [4.69, 9.17) is 0 Å². The van der Waals surface area contributed by atoms with Crippen molar-refractivity contribution in [2.75, 3.05) is 5.32 Å². The van der Waals surface area contributed by atoms with Crippen LogP contribution in [-0.4, -0.2) is 8.42 Å². The summed E-state index contributed by atoms with van der Waals surface area (Å²) < 4.78 is 40.4. The van der Waals surface area contributed by atoms with Crippen molar-refractivity contribution in [1.29, 1.82) is 5.26 Å². The third kappa shape index (κ3) is 4.90. The van der Waals surface area contributed by atoms with Gasteiger partial charge >= 0.3 is 0 Å². The van der Waals surface area contributed by atoms with E-state index in [1.54, 1.807) is 42.5 Å². The number of nitrogens with zero attached hydrogens (tertiary/aromatic N) is 1. The van der Waals surface area contributed by atoms with Crippen LogP contribution >= 0.6 is 11.8 Å². The molecule has 0 saturated heterocycles. The van der Waals surface area contributed by atoms with Crippen LogP contribution in [0.15, 0.2) is 93.7 Å². The van der Waals surface area contributed by atoms with Crippen LogP contribution in [0.3, 0.4) is 0 Å². The minimum Gasteiger partial charge on any atom is -0.348 e. The highest BCUT2D eigenvalue weighted by molar-refractivity contribution is 8.04. The molecule has 0 fully saturated rings. The summed E-state index contributed by atoms with van der Waals surface area (Å²) in [6, 6.07) is 23.3. The number of nitriles is 1. The van der Waals surface area contributed by atoms with Gasteiger partial charge in [-0.15, -0.1) is 11.8 Å². The summed E-state index contributed by atoms with van der Waals surface area (Å²) in [4.78, 5) is -0.379. The minimum absolute atomic E-state index is 0.0251. The molecule has 0 aliphatic rings.